The van der Waals surface area contributed by atoms with E-state index >= 15 is 0 Å². The minimum atomic E-state index is -4.68. The van der Waals surface area contributed by atoms with Gasteiger partial charge in [0.25, 0.3) is 5.91 Å². The van der Waals surface area contributed by atoms with Crippen molar-refractivity contribution in [2.75, 3.05) is 7.05 Å². The summed E-state index contributed by atoms with van der Waals surface area (Å²) in [5, 5.41) is 5.76. The second kappa shape index (κ2) is 4.95. The Morgan fingerprint density at radius 1 is 1.35 bits per heavy atom. The van der Waals surface area contributed by atoms with E-state index in [9.17, 15) is 18.0 Å². The van der Waals surface area contributed by atoms with Crippen LogP contribution in [-0.2, 0) is 6.18 Å². The van der Waals surface area contributed by atoms with Crippen molar-refractivity contribution in [3.05, 3.63) is 35.2 Å². The molecule has 0 unspecified atom stereocenters. The molecule has 0 radical (unpaired) electrons. The van der Waals surface area contributed by atoms with Crippen molar-refractivity contribution < 1.29 is 22.5 Å². The van der Waals surface area contributed by atoms with Crippen LogP contribution >= 0.6 is 0 Å². The van der Waals surface area contributed by atoms with Gasteiger partial charge in [-0.3, -0.25) is 4.79 Å². The molecule has 2 aromatic rings. The molecular formula is C12H10F3N3O2. The Labute approximate surface area is 111 Å². The number of halogens is 3. The number of nitrogens with zero attached hydrogens (tertiary/aromatic N) is 2. The fraction of sp³-hybridized carbons (Fsp3) is 0.250. The van der Waals surface area contributed by atoms with Crippen molar-refractivity contribution in [1.29, 1.82) is 0 Å². The molecule has 0 aliphatic rings. The van der Waals surface area contributed by atoms with Crippen LogP contribution in [0.4, 0.5) is 13.2 Å². The minimum Gasteiger partial charge on any atom is -0.355 e. The maximum atomic E-state index is 12.4. The Kier molecular flexibility index (Phi) is 3.47. The molecule has 8 heteroatoms. The molecule has 5 nitrogen and oxygen atoms in total. The van der Waals surface area contributed by atoms with E-state index < -0.39 is 12.1 Å². The summed E-state index contributed by atoms with van der Waals surface area (Å²) in [6, 6.07) is 4.49. The van der Waals surface area contributed by atoms with Crippen LogP contribution in [0.3, 0.4) is 0 Å². The first kappa shape index (κ1) is 14.0. The maximum absolute atomic E-state index is 12.4. The van der Waals surface area contributed by atoms with Crippen LogP contribution in [0, 0.1) is 6.92 Å². The second-order valence-corrected chi connectivity index (χ2v) is 4.03. The molecular weight excluding hydrogens is 275 g/mol. The highest BCUT2D eigenvalue weighted by atomic mass is 19.4. The van der Waals surface area contributed by atoms with Gasteiger partial charge in [0, 0.05) is 18.2 Å². The third kappa shape index (κ3) is 2.63. The van der Waals surface area contributed by atoms with Gasteiger partial charge in [-0.1, -0.05) is 11.2 Å². The van der Waals surface area contributed by atoms with E-state index in [4.69, 9.17) is 0 Å². The quantitative estimate of drug-likeness (QED) is 0.920. The minimum absolute atomic E-state index is 0.168. The Balaban J connectivity index is 2.39. The van der Waals surface area contributed by atoms with Gasteiger partial charge < -0.3 is 9.84 Å². The van der Waals surface area contributed by atoms with Gasteiger partial charge in [0.05, 0.1) is 0 Å². The summed E-state index contributed by atoms with van der Waals surface area (Å²) < 4.78 is 41.3. The summed E-state index contributed by atoms with van der Waals surface area (Å²) >= 11 is 0. The Hall–Kier alpha value is -2.38. The van der Waals surface area contributed by atoms with Crippen LogP contribution < -0.4 is 5.32 Å². The van der Waals surface area contributed by atoms with E-state index in [-0.39, 0.29) is 11.7 Å². The number of rotatable bonds is 2. The number of alkyl halides is 3. The summed E-state index contributed by atoms with van der Waals surface area (Å²) in [5.74, 6) is -1.86. The highest BCUT2D eigenvalue weighted by Gasteiger charge is 2.38. The third-order valence-corrected chi connectivity index (χ3v) is 2.63. The molecule has 0 fully saturated rings. The van der Waals surface area contributed by atoms with Crippen LogP contribution in [0.2, 0.25) is 0 Å². The van der Waals surface area contributed by atoms with Crippen molar-refractivity contribution in [3.8, 4) is 11.4 Å². The number of aromatic nitrogens is 2. The first-order valence-corrected chi connectivity index (χ1v) is 5.57. The van der Waals surface area contributed by atoms with Crippen molar-refractivity contribution >= 4 is 5.91 Å². The van der Waals surface area contributed by atoms with Crippen molar-refractivity contribution in [3.63, 3.8) is 0 Å². The lowest BCUT2D eigenvalue weighted by Crippen LogP contribution is -2.17. The molecule has 1 aromatic carbocycles. The van der Waals surface area contributed by atoms with Gasteiger partial charge >= 0.3 is 12.1 Å². The fourth-order valence-electron chi connectivity index (χ4n) is 1.65. The summed E-state index contributed by atoms with van der Waals surface area (Å²) in [4.78, 5) is 14.7. The van der Waals surface area contributed by atoms with Gasteiger partial charge in [0.2, 0.25) is 5.82 Å². The number of hydrogen-bond donors (Lipinski definition) is 1. The maximum Gasteiger partial charge on any atom is 0.471 e. The van der Waals surface area contributed by atoms with Crippen molar-refractivity contribution in [2.24, 2.45) is 0 Å². The average molecular weight is 285 g/mol. The van der Waals surface area contributed by atoms with Gasteiger partial charge in [0.15, 0.2) is 0 Å². The Bertz CT molecular complexity index is 650. The monoisotopic (exact) mass is 285 g/mol. The predicted octanol–water partition coefficient (Wildman–Crippen LogP) is 2.42. The Morgan fingerprint density at radius 2 is 2.05 bits per heavy atom. The SMILES string of the molecule is CNC(=O)c1ccc(-c2noc(C(F)(F)F)n2)c(C)c1. The van der Waals surface area contributed by atoms with Gasteiger partial charge in [-0.25, -0.2) is 0 Å². The number of carbonyl (C=O) groups is 1. The molecule has 0 aliphatic heterocycles. The van der Waals surface area contributed by atoms with E-state index in [0.717, 1.165) is 0 Å². The van der Waals surface area contributed by atoms with Gasteiger partial charge in [0.1, 0.15) is 0 Å². The zero-order valence-electron chi connectivity index (χ0n) is 10.6. The molecule has 20 heavy (non-hydrogen) atoms. The lowest BCUT2D eigenvalue weighted by atomic mass is 10.0. The lowest BCUT2D eigenvalue weighted by Gasteiger charge is -2.04. The summed E-state index contributed by atoms with van der Waals surface area (Å²) in [7, 11) is 1.49. The molecule has 0 saturated carbocycles. The summed E-state index contributed by atoms with van der Waals surface area (Å²) in [6.45, 7) is 1.64. The van der Waals surface area contributed by atoms with E-state index in [1.54, 1.807) is 6.92 Å². The molecule has 0 saturated heterocycles. The number of nitrogens with one attached hydrogen (secondary N) is 1. The molecule has 1 heterocycles. The highest BCUT2D eigenvalue weighted by molar-refractivity contribution is 5.94. The molecule has 1 aromatic heterocycles. The summed E-state index contributed by atoms with van der Waals surface area (Å²) in [6.07, 6.45) is -4.68. The van der Waals surface area contributed by atoms with E-state index in [1.165, 1.54) is 25.2 Å². The smallest absolute Gasteiger partial charge is 0.355 e. The highest BCUT2D eigenvalue weighted by Crippen LogP contribution is 2.30. The van der Waals surface area contributed by atoms with E-state index in [2.05, 4.69) is 20.0 Å². The van der Waals surface area contributed by atoms with Gasteiger partial charge in [-0.05, 0) is 24.6 Å². The van der Waals surface area contributed by atoms with Crippen molar-refractivity contribution in [1.82, 2.24) is 15.5 Å². The number of aryl methyl sites for hydroxylation is 1. The van der Waals surface area contributed by atoms with Crippen LogP contribution in [0.5, 0.6) is 0 Å². The predicted molar refractivity (Wildman–Crippen MR) is 62.9 cm³/mol. The average Bonchev–Trinajstić information content (AvgIpc) is 2.87. The van der Waals surface area contributed by atoms with Gasteiger partial charge in [-0.2, -0.15) is 18.2 Å². The van der Waals surface area contributed by atoms with E-state index in [1.807, 2.05) is 0 Å². The van der Waals surface area contributed by atoms with Crippen molar-refractivity contribution in [2.45, 2.75) is 13.1 Å². The largest absolute Gasteiger partial charge is 0.471 e. The standard InChI is InChI=1S/C12H10F3N3O2/c1-6-5-7(10(19)16-2)3-4-8(6)9-17-11(20-18-9)12(13,14)15/h3-5H,1-2H3,(H,16,19). The first-order valence-electron chi connectivity index (χ1n) is 5.57. The lowest BCUT2D eigenvalue weighted by molar-refractivity contribution is -0.159. The number of benzene rings is 1. The number of amides is 1. The van der Waals surface area contributed by atoms with Gasteiger partial charge in [-0.15, -0.1) is 0 Å². The van der Waals surface area contributed by atoms with Crippen LogP contribution in [0.1, 0.15) is 21.8 Å². The zero-order valence-corrected chi connectivity index (χ0v) is 10.6. The third-order valence-electron chi connectivity index (χ3n) is 2.63. The molecule has 1 N–H and O–H groups in total. The second-order valence-electron chi connectivity index (χ2n) is 4.03. The molecule has 0 bridgehead atoms. The van der Waals surface area contributed by atoms with Crippen LogP contribution in [0.15, 0.2) is 22.7 Å². The molecule has 1 amide bonds. The molecule has 0 atom stereocenters. The van der Waals surface area contributed by atoms with Crippen LogP contribution in [0.25, 0.3) is 11.4 Å². The topological polar surface area (TPSA) is 68.0 Å². The number of hydrogen-bond acceptors (Lipinski definition) is 4. The molecule has 106 valence electrons. The molecule has 0 spiro atoms. The molecule has 0 aliphatic carbocycles. The summed E-state index contributed by atoms with van der Waals surface area (Å²) in [5.41, 5.74) is 1.34. The normalized spacial score (nSPS) is 11.4. The number of carbonyl (C=O) groups excluding carboxylic acids is 1. The Morgan fingerprint density at radius 3 is 2.55 bits per heavy atom. The molecule has 2 rings (SSSR count). The fourth-order valence-corrected chi connectivity index (χ4v) is 1.65. The zero-order chi connectivity index (χ0) is 14.9. The van der Waals surface area contributed by atoms with E-state index in [0.29, 0.717) is 16.7 Å². The van der Waals surface area contributed by atoms with Crippen LogP contribution in [-0.4, -0.2) is 23.1 Å². The first-order chi connectivity index (χ1) is 9.32.